The Morgan fingerprint density at radius 1 is 1.39 bits per heavy atom. The fraction of sp³-hybridized carbons (Fsp3) is 0.412. The number of hydrogen-bond donors (Lipinski definition) is 2. The first-order valence-electron chi connectivity index (χ1n) is 7.37. The number of aliphatic hydroxyl groups excluding tert-OH is 1. The van der Waals surface area contributed by atoms with E-state index in [1.54, 1.807) is 6.07 Å². The van der Waals surface area contributed by atoms with Crippen LogP contribution in [0, 0.1) is 11.8 Å². The zero-order valence-corrected chi connectivity index (χ0v) is 15.1. The molecular weight excluding hydrogens is 328 g/mol. The van der Waals surface area contributed by atoms with Gasteiger partial charge in [0.05, 0.1) is 15.4 Å². The Bertz CT molecular complexity index is 730. The molecular formula is C17H20N2O2S2. The summed E-state index contributed by atoms with van der Waals surface area (Å²) in [6.45, 7) is 6.43. The number of nitrogens with zero attached hydrogens (tertiary/aromatic N) is 1. The number of nitrogens with one attached hydrogen (secondary N) is 1. The van der Waals surface area contributed by atoms with E-state index in [4.69, 9.17) is 5.11 Å². The Balaban J connectivity index is 1.99. The highest BCUT2D eigenvalue weighted by Crippen LogP contribution is 2.27. The number of unbranched alkanes of at least 4 members (excludes halogenated alkanes) is 1. The normalized spacial score (nSPS) is 11.0. The minimum absolute atomic E-state index is 0.0280. The summed E-state index contributed by atoms with van der Waals surface area (Å²) in [5.41, 5.74) is 0.944. The summed E-state index contributed by atoms with van der Waals surface area (Å²) in [7, 11) is 0. The number of thiophene rings is 1. The quantitative estimate of drug-likeness (QED) is 0.651. The molecule has 4 nitrogen and oxygen atoms in total. The molecule has 0 spiro atoms. The number of anilines is 1. The molecule has 2 aromatic heterocycles. The van der Waals surface area contributed by atoms with E-state index in [1.807, 2.05) is 11.4 Å². The Kier molecular flexibility index (Phi) is 5.94. The number of aromatic nitrogens is 1. The minimum Gasteiger partial charge on any atom is -0.396 e. The van der Waals surface area contributed by atoms with Crippen LogP contribution in [0.5, 0.6) is 0 Å². The number of aliphatic hydroxyl groups is 1. The average Bonchev–Trinajstić information content (AvgIpc) is 3.12. The van der Waals surface area contributed by atoms with Gasteiger partial charge in [0.25, 0.3) is 5.91 Å². The Labute approximate surface area is 144 Å². The van der Waals surface area contributed by atoms with Gasteiger partial charge in [-0.3, -0.25) is 10.1 Å². The smallest absolute Gasteiger partial charge is 0.267 e. The highest BCUT2D eigenvalue weighted by Gasteiger charge is 2.18. The van der Waals surface area contributed by atoms with Crippen LogP contribution in [0.3, 0.4) is 0 Å². The van der Waals surface area contributed by atoms with Crippen molar-refractivity contribution in [3.8, 4) is 11.8 Å². The molecule has 0 radical (unpaired) electrons. The van der Waals surface area contributed by atoms with E-state index < -0.39 is 0 Å². The van der Waals surface area contributed by atoms with Crippen LogP contribution >= 0.6 is 22.7 Å². The van der Waals surface area contributed by atoms with Gasteiger partial charge in [-0.05, 0) is 18.6 Å². The number of thiazole rings is 1. The third-order valence-corrected chi connectivity index (χ3v) is 4.75. The summed E-state index contributed by atoms with van der Waals surface area (Å²) in [6, 6.07) is 3.61. The zero-order chi connectivity index (χ0) is 16.9. The first-order valence-corrected chi connectivity index (χ1v) is 9.06. The zero-order valence-electron chi connectivity index (χ0n) is 13.5. The lowest BCUT2D eigenvalue weighted by Gasteiger charge is -2.14. The van der Waals surface area contributed by atoms with Crippen molar-refractivity contribution in [2.45, 2.75) is 39.0 Å². The molecule has 2 N–H and O–H groups in total. The van der Waals surface area contributed by atoms with Crippen molar-refractivity contribution in [3.05, 3.63) is 33.0 Å². The van der Waals surface area contributed by atoms with Crippen molar-refractivity contribution in [1.29, 1.82) is 0 Å². The molecule has 2 rings (SSSR count). The van der Waals surface area contributed by atoms with E-state index in [1.165, 1.54) is 22.7 Å². The monoisotopic (exact) mass is 348 g/mol. The molecule has 0 aliphatic carbocycles. The minimum atomic E-state index is -0.159. The molecule has 1 amide bonds. The van der Waals surface area contributed by atoms with E-state index in [-0.39, 0.29) is 17.9 Å². The van der Waals surface area contributed by atoms with Crippen LogP contribution in [0.25, 0.3) is 0 Å². The van der Waals surface area contributed by atoms with E-state index in [0.29, 0.717) is 22.9 Å². The number of rotatable bonds is 4. The second kappa shape index (κ2) is 7.73. The summed E-state index contributed by atoms with van der Waals surface area (Å²) in [5.74, 6) is 5.83. The molecule has 0 bridgehead atoms. The Hall–Kier alpha value is -1.68. The molecule has 0 atom stereocenters. The highest BCUT2D eigenvalue weighted by atomic mass is 32.1. The molecule has 0 saturated carbocycles. The second-order valence-corrected chi connectivity index (χ2v) is 7.98. The molecule has 6 heteroatoms. The third-order valence-electron chi connectivity index (χ3n) is 2.99. The van der Waals surface area contributed by atoms with Crippen molar-refractivity contribution >= 4 is 33.7 Å². The van der Waals surface area contributed by atoms with Crippen molar-refractivity contribution in [1.82, 2.24) is 4.98 Å². The Morgan fingerprint density at radius 3 is 2.83 bits per heavy atom. The van der Waals surface area contributed by atoms with Crippen molar-refractivity contribution in [3.63, 3.8) is 0 Å². The van der Waals surface area contributed by atoms with Gasteiger partial charge in [-0.25, -0.2) is 4.98 Å². The maximum Gasteiger partial charge on any atom is 0.267 e. The van der Waals surface area contributed by atoms with Gasteiger partial charge >= 0.3 is 0 Å². The molecule has 0 saturated heterocycles. The first kappa shape index (κ1) is 17.7. The van der Waals surface area contributed by atoms with E-state index in [2.05, 4.69) is 42.9 Å². The molecule has 0 unspecified atom stereocenters. The number of carbonyl (C=O) groups is 1. The van der Waals surface area contributed by atoms with Gasteiger partial charge in [0.1, 0.15) is 0 Å². The summed E-state index contributed by atoms with van der Waals surface area (Å²) < 4.78 is 0. The van der Waals surface area contributed by atoms with E-state index in [9.17, 15) is 4.79 Å². The van der Waals surface area contributed by atoms with Crippen molar-refractivity contribution in [2.75, 3.05) is 11.9 Å². The molecule has 2 heterocycles. The van der Waals surface area contributed by atoms with Gasteiger partial charge in [0.15, 0.2) is 5.13 Å². The van der Waals surface area contributed by atoms with Gasteiger partial charge in [-0.15, -0.1) is 22.7 Å². The Morgan fingerprint density at radius 2 is 2.17 bits per heavy atom. The van der Waals surface area contributed by atoms with Crippen molar-refractivity contribution < 1.29 is 9.90 Å². The maximum absolute atomic E-state index is 12.2. The molecule has 0 fully saturated rings. The predicted octanol–water partition coefficient (Wildman–Crippen LogP) is 3.88. The van der Waals surface area contributed by atoms with Crippen LogP contribution in [-0.4, -0.2) is 22.6 Å². The van der Waals surface area contributed by atoms with Crippen LogP contribution in [0.2, 0.25) is 0 Å². The summed E-state index contributed by atoms with van der Waals surface area (Å²) in [4.78, 5) is 18.2. The lowest BCUT2D eigenvalue weighted by molar-refractivity contribution is 0.103. The fourth-order valence-corrected chi connectivity index (χ4v) is 3.39. The third kappa shape index (κ3) is 5.17. The average molecular weight is 348 g/mol. The predicted molar refractivity (Wildman–Crippen MR) is 96.3 cm³/mol. The van der Waals surface area contributed by atoms with Crippen LogP contribution in [0.15, 0.2) is 17.5 Å². The highest BCUT2D eigenvalue weighted by molar-refractivity contribution is 7.15. The van der Waals surface area contributed by atoms with Crippen LogP contribution in [0.4, 0.5) is 5.13 Å². The maximum atomic E-state index is 12.2. The summed E-state index contributed by atoms with van der Waals surface area (Å²) in [5, 5.41) is 14.1. The van der Waals surface area contributed by atoms with E-state index >= 15 is 0 Å². The van der Waals surface area contributed by atoms with Crippen molar-refractivity contribution in [2.24, 2.45) is 0 Å². The molecule has 2 aromatic rings. The van der Waals surface area contributed by atoms with Crippen LogP contribution in [0.1, 0.15) is 53.9 Å². The topological polar surface area (TPSA) is 62.2 Å². The van der Waals surface area contributed by atoms with Crippen LogP contribution in [-0.2, 0) is 5.41 Å². The molecule has 0 aliphatic rings. The second-order valence-electron chi connectivity index (χ2n) is 6.03. The van der Waals surface area contributed by atoms with Crippen LogP contribution < -0.4 is 5.32 Å². The van der Waals surface area contributed by atoms with Gasteiger partial charge in [0.2, 0.25) is 0 Å². The van der Waals surface area contributed by atoms with Gasteiger partial charge in [-0.1, -0.05) is 32.6 Å². The summed E-state index contributed by atoms with van der Waals surface area (Å²) in [6.07, 6.45) is 1.33. The number of carbonyl (C=O) groups excluding carboxylic acids is 1. The number of hydrogen-bond acceptors (Lipinski definition) is 5. The SMILES string of the molecule is CC(C)(C)c1csc(NC(=O)c2ccc(C#CCCCO)s2)n1. The fourth-order valence-electron chi connectivity index (χ4n) is 1.68. The lowest BCUT2D eigenvalue weighted by Crippen LogP contribution is -2.13. The first-order chi connectivity index (χ1) is 10.9. The van der Waals surface area contributed by atoms with Gasteiger partial charge < -0.3 is 5.11 Å². The number of amides is 1. The molecule has 0 aliphatic heterocycles. The lowest BCUT2D eigenvalue weighted by atomic mass is 9.93. The van der Waals surface area contributed by atoms with Gasteiger partial charge in [-0.2, -0.15) is 0 Å². The largest absolute Gasteiger partial charge is 0.396 e. The molecule has 122 valence electrons. The molecule has 0 aromatic carbocycles. The molecule has 23 heavy (non-hydrogen) atoms. The summed E-state index contributed by atoms with van der Waals surface area (Å²) >= 11 is 2.79. The van der Waals surface area contributed by atoms with E-state index in [0.717, 1.165) is 10.6 Å². The standard InChI is InChI=1S/C17H20N2O2S2/c1-17(2,3)14-11-22-16(18-14)19-15(21)13-9-8-12(23-13)7-5-4-6-10-20/h8-9,11,20H,4,6,10H2,1-3H3,(H,18,19,21). The van der Waals surface area contributed by atoms with Gasteiger partial charge in [0, 0.05) is 23.8 Å².